The van der Waals surface area contributed by atoms with Crippen molar-refractivity contribution in [3.05, 3.63) is 33.9 Å². The number of halogens is 2. The normalized spacial score (nSPS) is 11.7. The molecule has 1 aromatic carbocycles. The molecule has 24 heavy (non-hydrogen) atoms. The van der Waals surface area contributed by atoms with Crippen molar-refractivity contribution >= 4 is 33.2 Å². The van der Waals surface area contributed by atoms with Gasteiger partial charge in [0, 0.05) is 13.2 Å². The quantitative estimate of drug-likeness (QED) is 0.728. The second kappa shape index (κ2) is 8.13. The van der Waals surface area contributed by atoms with E-state index in [4.69, 9.17) is 37.2 Å². The van der Waals surface area contributed by atoms with E-state index in [1.165, 1.54) is 19.2 Å². The fourth-order valence-corrected chi connectivity index (χ4v) is 3.59. The Morgan fingerprint density at radius 2 is 2.00 bits per heavy atom. The summed E-state index contributed by atoms with van der Waals surface area (Å²) in [6.45, 7) is 0.270. The van der Waals surface area contributed by atoms with Gasteiger partial charge in [-0.1, -0.05) is 28.4 Å². The van der Waals surface area contributed by atoms with Crippen molar-refractivity contribution in [2.24, 2.45) is 0 Å². The first-order valence-corrected chi connectivity index (χ1v) is 8.94. The van der Waals surface area contributed by atoms with Gasteiger partial charge in [0.2, 0.25) is 15.9 Å². The van der Waals surface area contributed by atoms with Crippen LogP contribution in [0.5, 0.6) is 5.75 Å². The molecule has 1 heterocycles. The van der Waals surface area contributed by atoms with Crippen molar-refractivity contribution in [2.45, 2.75) is 17.9 Å². The van der Waals surface area contributed by atoms with Gasteiger partial charge < -0.3 is 14.0 Å². The summed E-state index contributed by atoms with van der Waals surface area (Å²) in [6, 6.07) is 2.54. The fraction of sp³-hybridized carbons (Fsp3) is 0.385. The number of aromatic nitrogens is 2. The van der Waals surface area contributed by atoms with Crippen molar-refractivity contribution in [2.75, 3.05) is 20.8 Å². The number of nitrogens with one attached hydrogen (secondary N) is 1. The van der Waals surface area contributed by atoms with Gasteiger partial charge in [0.1, 0.15) is 10.6 Å². The van der Waals surface area contributed by atoms with Gasteiger partial charge in [-0.25, -0.2) is 13.1 Å². The number of hydrogen-bond acceptors (Lipinski definition) is 7. The SMILES string of the molecule is COCCc1nc(CNS(=O)(=O)c2cc(Cl)c(OC)cc2Cl)no1. The molecule has 0 saturated carbocycles. The van der Waals surface area contributed by atoms with E-state index in [9.17, 15) is 8.42 Å². The second-order valence-electron chi connectivity index (χ2n) is 4.59. The van der Waals surface area contributed by atoms with Crippen LogP contribution in [0.3, 0.4) is 0 Å². The van der Waals surface area contributed by atoms with Gasteiger partial charge in [-0.05, 0) is 6.07 Å². The van der Waals surface area contributed by atoms with Gasteiger partial charge >= 0.3 is 0 Å². The Morgan fingerprint density at radius 3 is 2.67 bits per heavy atom. The minimum Gasteiger partial charge on any atom is -0.495 e. The van der Waals surface area contributed by atoms with Crippen molar-refractivity contribution in [1.29, 1.82) is 0 Å². The summed E-state index contributed by atoms with van der Waals surface area (Å²) in [5.74, 6) is 0.832. The van der Waals surface area contributed by atoms with Crippen molar-refractivity contribution < 1.29 is 22.4 Å². The Hall–Kier alpha value is -1.39. The number of ether oxygens (including phenoxy) is 2. The van der Waals surface area contributed by atoms with E-state index >= 15 is 0 Å². The predicted molar refractivity (Wildman–Crippen MR) is 86.9 cm³/mol. The highest BCUT2D eigenvalue weighted by Crippen LogP contribution is 2.33. The molecule has 0 radical (unpaired) electrons. The molecular weight excluding hydrogens is 381 g/mol. The van der Waals surface area contributed by atoms with Crippen LogP contribution in [-0.2, 0) is 27.7 Å². The maximum Gasteiger partial charge on any atom is 0.242 e. The highest BCUT2D eigenvalue weighted by Gasteiger charge is 2.21. The lowest BCUT2D eigenvalue weighted by Crippen LogP contribution is -2.24. The summed E-state index contributed by atoms with van der Waals surface area (Å²) in [6.07, 6.45) is 0.441. The largest absolute Gasteiger partial charge is 0.495 e. The average Bonchev–Trinajstić information content (AvgIpc) is 3.00. The molecule has 2 rings (SSSR count). The molecule has 132 valence electrons. The first-order valence-electron chi connectivity index (χ1n) is 6.70. The van der Waals surface area contributed by atoms with Crippen LogP contribution in [0.4, 0.5) is 0 Å². The Morgan fingerprint density at radius 1 is 1.25 bits per heavy atom. The molecule has 0 spiro atoms. The molecule has 0 unspecified atom stereocenters. The molecule has 11 heteroatoms. The van der Waals surface area contributed by atoms with Gasteiger partial charge in [0.15, 0.2) is 5.82 Å². The molecular formula is C13H15Cl2N3O5S. The standard InChI is InChI=1S/C13H15Cl2N3O5S/c1-21-4-3-13-17-12(18-23-13)7-16-24(19,20)11-6-8(14)10(22-2)5-9(11)15/h5-6,16H,3-4,7H2,1-2H3. The van der Waals surface area contributed by atoms with E-state index < -0.39 is 10.0 Å². The minimum atomic E-state index is -3.91. The summed E-state index contributed by atoms with van der Waals surface area (Å²) < 4.78 is 41.9. The third-order valence-corrected chi connectivity index (χ3v) is 5.11. The number of rotatable bonds is 8. The van der Waals surface area contributed by atoms with Crippen LogP contribution in [0.25, 0.3) is 0 Å². The molecule has 8 nitrogen and oxygen atoms in total. The summed E-state index contributed by atoms with van der Waals surface area (Å²) in [7, 11) is -0.958. The maximum atomic E-state index is 12.4. The van der Waals surface area contributed by atoms with Gasteiger partial charge in [-0.15, -0.1) is 0 Å². The zero-order valence-electron chi connectivity index (χ0n) is 12.9. The summed E-state index contributed by atoms with van der Waals surface area (Å²) >= 11 is 11.9. The van der Waals surface area contributed by atoms with E-state index in [-0.39, 0.29) is 33.1 Å². The predicted octanol–water partition coefficient (Wildman–Crippen LogP) is 2.05. The van der Waals surface area contributed by atoms with Crippen molar-refractivity contribution in [3.63, 3.8) is 0 Å². The van der Waals surface area contributed by atoms with Crippen LogP contribution in [-0.4, -0.2) is 39.4 Å². The molecule has 1 aromatic heterocycles. The highest BCUT2D eigenvalue weighted by atomic mass is 35.5. The van der Waals surface area contributed by atoms with Gasteiger partial charge in [0.25, 0.3) is 0 Å². The van der Waals surface area contributed by atoms with Crippen LogP contribution in [0, 0.1) is 0 Å². The molecule has 0 fully saturated rings. The molecule has 1 N–H and O–H groups in total. The van der Waals surface area contributed by atoms with Crippen LogP contribution in [0.1, 0.15) is 11.7 Å². The Labute approximate surface area is 149 Å². The topological polar surface area (TPSA) is 104 Å². The molecule has 0 amide bonds. The molecule has 2 aromatic rings. The third-order valence-electron chi connectivity index (χ3n) is 2.95. The lowest BCUT2D eigenvalue weighted by molar-refractivity contribution is 0.192. The van der Waals surface area contributed by atoms with E-state index in [2.05, 4.69) is 14.9 Å². The summed E-state index contributed by atoms with van der Waals surface area (Å²) in [5.41, 5.74) is 0. The second-order valence-corrected chi connectivity index (χ2v) is 7.14. The van der Waals surface area contributed by atoms with Crippen molar-refractivity contribution in [3.8, 4) is 5.75 Å². The Bertz CT molecular complexity index is 810. The molecule has 0 aliphatic rings. The Kier molecular flexibility index (Phi) is 6.41. The smallest absolute Gasteiger partial charge is 0.242 e. The number of sulfonamides is 1. The van der Waals surface area contributed by atoms with E-state index in [0.717, 1.165) is 0 Å². The molecule has 0 bridgehead atoms. The number of benzene rings is 1. The lowest BCUT2D eigenvalue weighted by atomic mass is 10.3. The van der Waals surface area contributed by atoms with E-state index in [1.54, 1.807) is 7.11 Å². The molecule has 0 atom stereocenters. The number of hydrogen-bond donors (Lipinski definition) is 1. The third kappa shape index (κ3) is 4.58. The van der Waals surface area contributed by atoms with Gasteiger partial charge in [-0.2, -0.15) is 4.98 Å². The van der Waals surface area contributed by atoms with E-state index in [0.29, 0.717) is 18.9 Å². The van der Waals surface area contributed by atoms with Crippen LogP contribution < -0.4 is 9.46 Å². The molecule has 0 aliphatic heterocycles. The Balaban J connectivity index is 2.11. The van der Waals surface area contributed by atoms with E-state index in [1.807, 2.05) is 0 Å². The average molecular weight is 396 g/mol. The lowest BCUT2D eigenvalue weighted by Gasteiger charge is -2.10. The van der Waals surface area contributed by atoms with Gasteiger partial charge in [-0.3, -0.25) is 0 Å². The maximum absolute atomic E-state index is 12.4. The monoisotopic (exact) mass is 395 g/mol. The summed E-state index contributed by atoms with van der Waals surface area (Å²) in [5, 5.41) is 3.80. The number of nitrogens with zero attached hydrogens (tertiary/aromatic N) is 2. The van der Waals surface area contributed by atoms with Crippen LogP contribution >= 0.6 is 23.2 Å². The van der Waals surface area contributed by atoms with Crippen LogP contribution in [0.15, 0.2) is 21.6 Å². The molecule has 0 aliphatic carbocycles. The molecule has 0 saturated heterocycles. The minimum absolute atomic E-state index is 0.0161. The highest BCUT2D eigenvalue weighted by molar-refractivity contribution is 7.89. The zero-order valence-corrected chi connectivity index (χ0v) is 15.2. The fourth-order valence-electron chi connectivity index (χ4n) is 1.76. The summed E-state index contributed by atoms with van der Waals surface area (Å²) in [4.78, 5) is 3.88. The van der Waals surface area contributed by atoms with Crippen molar-refractivity contribution in [1.82, 2.24) is 14.9 Å². The van der Waals surface area contributed by atoms with Gasteiger partial charge in [0.05, 0.1) is 36.7 Å². The number of methoxy groups -OCH3 is 2. The van der Waals surface area contributed by atoms with Crippen LogP contribution in [0.2, 0.25) is 10.0 Å². The first-order chi connectivity index (χ1) is 11.4. The first kappa shape index (κ1) is 18.9. The zero-order chi connectivity index (χ0) is 17.7.